The molecule has 1 aromatic heterocycles. The second-order valence-electron chi connectivity index (χ2n) is 4.42. The van der Waals surface area contributed by atoms with Crippen molar-refractivity contribution in [2.75, 3.05) is 5.32 Å². The molecule has 0 saturated carbocycles. The van der Waals surface area contributed by atoms with Gasteiger partial charge in [0.05, 0.1) is 4.92 Å². The Morgan fingerprint density at radius 3 is 2.53 bits per heavy atom. The topological polar surface area (TPSA) is 68.1 Å². The summed E-state index contributed by atoms with van der Waals surface area (Å²) in [6, 6.07) is 7.23. The third kappa shape index (κ3) is 3.07. The Morgan fingerprint density at radius 2 is 1.89 bits per heavy atom. The fourth-order valence-corrected chi connectivity index (χ4v) is 1.93. The molecule has 0 bridgehead atoms. The first-order chi connectivity index (χ1) is 9.08. The second-order valence-corrected chi connectivity index (χ2v) is 4.42. The number of nitrogens with zero attached hydrogens (tertiary/aromatic N) is 2. The van der Waals surface area contributed by atoms with E-state index in [2.05, 4.69) is 10.3 Å². The van der Waals surface area contributed by atoms with Gasteiger partial charge in [0, 0.05) is 36.3 Å². The molecule has 0 spiro atoms. The number of nitrogens with one attached hydrogen (secondary N) is 1. The molecule has 0 atom stereocenters. The highest BCUT2D eigenvalue weighted by Crippen LogP contribution is 2.26. The first-order valence-corrected chi connectivity index (χ1v) is 5.96. The zero-order chi connectivity index (χ0) is 13.8. The van der Waals surface area contributed by atoms with Gasteiger partial charge >= 0.3 is 0 Å². The largest absolute Gasteiger partial charge is 0.381 e. The molecule has 5 nitrogen and oxygen atoms in total. The minimum atomic E-state index is -0.355. The fraction of sp³-hybridized carbons (Fsp3) is 0.214. The highest BCUT2D eigenvalue weighted by atomic mass is 16.6. The van der Waals surface area contributed by atoms with E-state index in [1.165, 1.54) is 0 Å². The molecule has 98 valence electrons. The Balaban J connectivity index is 2.21. The molecular formula is C14H15N3O2. The van der Waals surface area contributed by atoms with Crippen LogP contribution in [0.25, 0.3) is 0 Å². The van der Waals surface area contributed by atoms with Crippen molar-refractivity contribution in [3.63, 3.8) is 0 Å². The zero-order valence-electron chi connectivity index (χ0n) is 10.9. The number of benzene rings is 1. The summed E-state index contributed by atoms with van der Waals surface area (Å²) in [7, 11) is 0. The maximum absolute atomic E-state index is 10.9. The molecule has 1 aromatic carbocycles. The van der Waals surface area contributed by atoms with E-state index < -0.39 is 0 Å². The smallest absolute Gasteiger partial charge is 0.274 e. The first-order valence-electron chi connectivity index (χ1n) is 5.96. The normalized spacial score (nSPS) is 10.2. The Hall–Kier alpha value is -2.43. The van der Waals surface area contributed by atoms with Crippen LogP contribution in [0, 0.1) is 24.0 Å². The molecule has 2 rings (SSSR count). The summed E-state index contributed by atoms with van der Waals surface area (Å²) in [6.07, 6.45) is 3.45. The summed E-state index contributed by atoms with van der Waals surface area (Å²) >= 11 is 0. The number of aromatic nitrogens is 1. The lowest BCUT2D eigenvalue weighted by atomic mass is 10.1. The van der Waals surface area contributed by atoms with E-state index in [0.717, 1.165) is 16.8 Å². The van der Waals surface area contributed by atoms with Crippen LogP contribution < -0.4 is 5.32 Å². The predicted molar refractivity (Wildman–Crippen MR) is 74.1 cm³/mol. The van der Waals surface area contributed by atoms with E-state index in [1.54, 1.807) is 25.4 Å². The van der Waals surface area contributed by atoms with E-state index in [4.69, 9.17) is 0 Å². The van der Waals surface area contributed by atoms with Gasteiger partial charge in [0.1, 0.15) is 0 Å². The molecule has 0 fully saturated rings. The van der Waals surface area contributed by atoms with Crippen molar-refractivity contribution in [2.45, 2.75) is 20.4 Å². The predicted octanol–water partition coefficient (Wildman–Crippen LogP) is 3.22. The summed E-state index contributed by atoms with van der Waals surface area (Å²) in [5.74, 6) is 0. The van der Waals surface area contributed by atoms with Crippen LogP contribution in [-0.4, -0.2) is 9.91 Å². The van der Waals surface area contributed by atoms with Gasteiger partial charge in [-0.05, 0) is 43.2 Å². The summed E-state index contributed by atoms with van der Waals surface area (Å²) < 4.78 is 0. The fourth-order valence-electron chi connectivity index (χ4n) is 1.93. The number of nitro groups is 1. The van der Waals surface area contributed by atoms with Crippen LogP contribution in [0.3, 0.4) is 0 Å². The standard InChI is InChI=1S/C14H15N3O2/c1-10-7-11(2)14(17(18)19)8-13(10)16-9-12-3-5-15-6-4-12/h3-8,16H,9H2,1-2H3. The summed E-state index contributed by atoms with van der Waals surface area (Å²) in [6.45, 7) is 4.30. The van der Waals surface area contributed by atoms with Crippen molar-refractivity contribution in [1.29, 1.82) is 0 Å². The molecule has 2 aromatic rings. The van der Waals surface area contributed by atoms with Crippen molar-refractivity contribution in [2.24, 2.45) is 0 Å². The van der Waals surface area contributed by atoms with Gasteiger partial charge in [-0.15, -0.1) is 0 Å². The third-order valence-electron chi connectivity index (χ3n) is 2.97. The second kappa shape index (κ2) is 5.48. The van der Waals surface area contributed by atoms with Gasteiger partial charge in [0.2, 0.25) is 0 Å². The maximum Gasteiger partial charge on any atom is 0.274 e. The van der Waals surface area contributed by atoms with E-state index >= 15 is 0 Å². The summed E-state index contributed by atoms with van der Waals surface area (Å²) in [5, 5.41) is 14.1. The Kier molecular flexibility index (Phi) is 3.75. The molecule has 1 heterocycles. The van der Waals surface area contributed by atoms with Crippen LogP contribution in [0.4, 0.5) is 11.4 Å². The molecule has 1 N–H and O–H groups in total. The molecular weight excluding hydrogens is 242 g/mol. The molecule has 5 heteroatoms. The van der Waals surface area contributed by atoms with E-state index in [-0.39, 0.29) is 10.6 Å². The molecule has 0 aliphatic rings. The molecule has 19 heavy (non-hydrogen) atoms. The lowest BCUT2D eigenvalue weighted by Crippen LogP contribution is -2.03. The maximum atomic E-state index is 10.9. The van der Waals surface area contributed by atoms with E-state index in [1.807, 2.05) is 25.1 Å². The van der Waals surface area contributed by atoms with Crippen LogP contribution in [0.2, 0.25) is 0 Å². The Labute approximate surface area is 111 Å². The SMILES string of the molecule is Cc1cc(C)c([N+](=O)[O-])cc1NCc1ccncc1. The number of nitro benzene ring substituents is 1. The first kappa shape index (κ1) is 13.0. The molecule has 0 saturated heterocycles. The van der Waals surface area contributed by atoms with Crippen molar-refractivity contribution in [3.05, 3.63) is 63.5 Å². The number of hydrogen-bond donors (Lipinski definition) is 1. The summed E-state index contributed by atoms with van der Waals surface area (Å²) in [5.41, 5.74) is 3.68. The minimum Gasteiger partial charge on any atom is -0.381 e. The number of rotatable bonds is 4. The van der Waals surface area contributed by atoms with Gasteiger partial charge in [0.25, 0.3) is 5.69 Å². The van der Waals surface area contributed by atoms with E-state index in [0.29, 0.717) is 12.1 Å². The lowest BCUT2D eigenvalue weighted by molar-refractivity contribution is -0.385. The molecule has 0 radical (unpaired) electrons. The van der Waals surface area contributed by atoms with Gasteiger partial charge in [0.15, 0.2) is 0 Å². The number of hydrogen-bond acceptors (Lipinski definition) is 4. The van der Waals surface area contributed by atoms with Crippen LogP contribution in [0.15, 0.2) is 36.7 Å². The monoisotopic (exact) mass is 257 g/mol. The van der Waals surface area contributed by atoms with Crippen molar-refractivity contribution < 1.29 is 4.92 Å². The lowest BCUT2D eigenvalue weighted by Gasteiger charge is -2.10. The van der Waals surface area contributed by atoms with Crippen molar-refractivity contribution >= 4 is 11.4 Å². The number of anilines is 1. The van der Waals surface area contributed by atoms with Crippen LogP contribution in [-0.2, 0) is 6.54 Å². The average molecular weight is 257 g/mol. The number of pyridine rings is 1. The Morgan fingerprint density at radius 1 is 1.21 bits per heavy atom. The van der Waals surface area contributed by atoms with Gasteiger partial charge in [-0.1, -0.05) is 0 Å². The average Bonchev–Trinajstić information content (AvgIpc) is 2.38. The van der Waals surface area contributed by atoms with Gasteiger partial charge in [-0.3, -0.25) is 15.1 Å². The van der Waals surface area contributed by atoms with Crippen LogP contribution >= 0.6 is 0 Å². The highest BCUT2D eigenvalue weighted by molar-refractivity contribution is 5.60. The quantitative estimate of drug-likeness (QED) is 0.674. The third-order valence-corrected chi connectivity index (χ3v) is 2.97. The van der Waals surface area contributed by atoms with Crippen LogP contribution in [0.5, 0.6) is 0 Å². The molecule has 0 unspecified atom stereocenters. The van der Waals surface area contributed by atoms with Crippen molar-refractivity contribution in [3.8, 4) is 0 Å². The molecule has 0 amide bonds. The van der Waals surface area contributed by atoms with Gasteiger partial charge < -0.3 is 5.32 Å². The van der Waals surface area contributed by atoms with Gasteiger partial charge in [-0.2, -0.15) is 0 Å². The Bertz CT molecular complexity index is 597. The van der Waals surface area contributed by atoms with Crippen LogP contribution in [0.1, 0.15) is 16.7 Å². The molecule has 0 aliphatic carbocycles. The summed E-state index contributed by atoms with van der Waals surface area (Å²) in [4.78, 5) is 14.5. The zero-order valence-corrected chi connectivity index (χ0v) is 10.9. The minimum absolute atomic E-state index is 0.142. The molecule has 0 aliphatic heterocycles. The number of aryl methyl sites for hydroxylation is 2. The van der Waals surface area contributed by atoms with Crippen molar-refractivity contribution in [1.82, 2.24) is 4.98 Å². The van der Waals surface area contributed by atoms with Gasteiger partial charge in [-0.25, -0.2) is 0 Å². The van der Waals surface area contributed by atoms with E-state index in [9.17, 15) is 10.1 Å². The highest BCUT2D eigenvalue weighted by Gasteiger charge is 2.13.